The van der Waals surface area contributed by atoms with Gasteiger partial charge in [-0.15, -0.1) is 0 Å². The quantitative estimate of drug-likeness (QED) is 0.564. The minimum Gasteiger partial charge on any atom is -0.504 e. The summed E-state index contributed by atoms with van der Waals surface area (Å²) >= 11 is 0. The van der Waals surface area contributed by atoms with E-state index in [0.29, 0.717) is 17.5 Å². The smallest absolute Gasteiger partial charge is 0.294 e. The van der Waals surface area contributed by atoms with Crippen LogP contribution in [0.2, 0.25) is 0 Å². The zero-order chi connectivity index (χ0) is 17.4. The Balaban J connectivity index is 2.03. The van der Waals surface area contributed by atoms with Crippen LogP contribution in [-0.4, -0.2) is 23.2 Å². The minimum absolute atomic E-state index is 0.0206. The highest BCUT2D eigenvalue weighted by Crippen LogP contribution is 2.31. The number of pyridine rings is 1. The molecule has 0 saturated carbocycles. The summed E-state index contributed by atoms with van der Waals surface area (Å²) < 4.78 is 5.55. The molecule has 3 N–H and O–H groups in total. The van der Waals surface area contributed by atoms with Crippen molar-refractivity contribution in [3.63, 3.8) is 0 Å². The van der Waals surface area contributed by atoms with Gasteiger partial charge >= 0.3 is 0 Å². The number of unbranched alkanes of at least 4 members (excludes halogenated alkanes) is 5. The van der Waals surface area contributed by atoms with E-state index in [4.69, 9.17) is 4.74 Å². The third-order valence-electron chi connectivity index (χ3n) is 4.07. The molecule has 1 aromatic carbocycles. The van der Waals surface area contributed by atoms with Crippen LogP contribution in [0.15, 0.2) is 23.0 Å². The van der Waals surface area contributed by atoms with Crippen LogP contribution in [0.5, 0.6) is 11.5 Å². The van der Waals surface area contributed by atoms with Crippen molar-refractivity contribution in [1.82, 2.24) is 4.98 Å². The summed E-state index contributed by atoms with van der Waals surface area (Å²) in [5, 5.41) is 14.1. The van der Waals surface area contributed by atoms with Gasteiger partial charge in [0, 0.05) is 17.6 Å². The predicted molar refractivity (Wildman–Crippen MR) is 99.3 cm³/mol. The van der Waals surface area contributed by atoms with E-state index in [-0.39, 0.29) is 17.1 Å². The van der Waals surface area contributed by atoms with E-state index in [9.17, 15) is 9.90 Å². The van der Waals surface area contributed by atoms with E-state index in [1.807, 2.05) is 19.1 Å². The normalized spacial score (nSPS) is 10.9. The SMILES string of the molecule is CCCCCCCCOc1c(O)c2ccc(NCC)cc2[nH]c1=O. The van der Waals surface area contributed by atoms with E-state index in [1.165, 1.54) is 25.7 Å². The molecule has 5 nitrogen and oxygen atoms in total. The van der Waals surface area contributed by atoms with E-state index in [1.54, 1.807) is 6.07 Å². The van der Waals surface area contributed by atoms with Gasteiger partial charge in [0.25, 0.3) is 5.56 Å². The van der Waals surface area contributed by atoms with Crippen LogP contribution in [0, 0.1) is 0 Å². The number of aromatic amines is 1. The molecule has 0 atom stereocenters. The van der Waals surface area contributed by atoms with Crippen LogP contribution in [0.3, 0.4) is 0 Å². The van der Waals surface area contributed by atoms with E-state index in [2.05, 4.69) is 17.2 Å². The van der Waals surface area contributed by atoms with Crippen molar-refractivity contribution in [1.29, 1.82) is 0 Å². The molecule has 2 aromatic rings. The molecule has 5 heteroatoms. The maximum absolute atomic E-state index is 12.2. The van der Waals surface area contributed by atoms with Gasteiger partial charge in [-0.05, 0) is 31.5 Å². The van der Waals surface area contributed by atoms with Gasteiger partial charge in [-0.1, -0.05) is 39.0 Å². The van der Waals surface area contributed by atoms with Gasteiger partial charge in [0.1, 0.15) is 0 Å². The van der Waals surface area contributed by atoms with Gasteiger partial charge in [-0.3, -0.25) is 4.79 Å². The summed E-state index contributed by atoms with van der Waals surface area (Å²) in [5.74, 6) is -0.0601. The summed E-state index contributed by atoms with van der Waals surface area (Å²) in [4.78, 5) is 15.0. The van der Waals surface area contributed by atoms with Crippen molar-refractivity contribution >= 4 is 16.6 Å². The van der Waals surface area contributed by atoms with Crippen LogP contribution in [0.25, 0.3) is 10.9 Å². The second kappa shape index (κ2) is 9.21. The number of aromatic nitrogens is 1. The zero-order valence-corrected chi connectivity index (χ0v) is 14.7. The fraction of sp³-hybridized carbons (Fsp3) is 0.526. The van der Waals surface area contributed by atoms with Gasteiger partial charge in [-0.25, -0.2) is 0 Å². The number of anilines is 1. The molecule has 0 radical (unpaired) electrons. The fourth-order valence-electron chi connectivity index (χ4n) is 2.77. The third-order valence-corrected chi connectivity index (χ3v) is 4.07. The van der Waals surface area contributed by atoms with Gasteiger partial charge in [0.2, 0.25) is 5.75 Å². The number of H-pyrrole nitrogens is 1. The minimum atomic E-state index is -0.389. The Bertz CT molecular complexity index is 710. The van der Waals surface area contributed by atoms with Crippen molar-refractivity contribution in [3.05, 3.63) is 28.6 Å². The summed E-state index contributed by atoms with van der Waals surface area (Å²) in [5.41, 5.74) is 1.11. The second-order valence-electron chi connectivity index (χ2n) is 6.04. The van der Waals surface area contributed by atoms with Crippen LogP contribution >= 0.6 is 0 Å². The molecule has 0 amide bonds. The highest BCUT2D eigenvalue weighted by molar-refractivity contribution is 5.89. The van der Waals surface area contributed by atoms with E-state index in [0.717, 1.165) is 25.1 Å². The summed E-state index contributed by atoms with van der Waals surface area (Å²) in [6, 6.07) is 5.48. The molecule has 0 aliphatic heterocycles. The van der Waals surface area contributed by atoms with Crippen molar-refractivity contribution in [3.8, 4) is 11.5 Å². The molecule has 0 unspecified atom stereocenters. The lowest BCUT2D eigenvalue weighted by Crippen LogP contribution is -2.12. The average Bonchev–Trinajstić information content (AvgIpc) is 2.56. The number of ether oxygens (including phenoxy) is 1. The first-order chi connectivity index (χ1) is 11.7. The molecule has 0 aliphatic carbocycles. The van der Waals surface area contributed by atoms with Crippen molar-refractivity contribution in [2.24, 2.45) is 0 Å². The molecule has 0 spiro atoms. The molecule has 0 fully saturated rings. The van der Waals surface area contributed by atoms with Gasteiger partial charge < -0.3 is 20.1 Å². The molecule has 0 saturated heterocycles. The third kappa shape index (κ3) is 4.66. The second-order valence-corrected chi connectivity index (χ2v) is 6.04. The first kappa shape index (κ1) is 18.2. The van der Waals surface area contributed by atoms with Gasteiger partial charge in [0.05, 0.1) is 12.1 Å². The first-order valence-electron chi connectivity index (χ1n) is 8.93. The largest absolute Gasteiger partial charge is 0.504 e. The molecule has 132 valence electrons. The Morgan fingerprint density at radius 1 is 1.12 bits per heavy atom. The average molecular weight is 332 g/mol. The van der Waals surface area contributed by atoms with E-state index < -0.39 is 0 Å². The maximum Gasteiger partial charge on any atom is 0.294 e. The topological polar surface area (TPSA) is 74.3 Å². The lowest BCUT2D eigenvalue weighted by molar-refractivity contribution is 0.286. The molecule has 0 bridgehead atoms. The number of aromatic hydroxyl groups is 1. The summed E-state index contributed by atoms with van der Waals surface area (Å²) in [6.45, 7) is 5.44. The molecular formula is C19H28N2O3. The fourth-order valence-corrected chi connectivity index (χ4v) is 2.77. The number of hydrogen-bond donors (Lipinski definition) is 3. The number of nitrogens with one attached hydrogen (secondary N) is 2. The highest BCUT2D eigenvalue weighted by Gasteiger charge is 2.13. The molecule has 1 heterocycles. The Morgan fingerprint density at radius 3 is 2.62 bits per heavy atom. The Kier molecular flexibility index (Phi) is 6.97. The van der Waals surface area contributed by atoms with Crippen LogP contribution in [0.1, 0.15) is 52.4 Å². The highest BCUT2D eigenvalue weighted by atomic mass is 16.5. The monoisotopic (exact) mass is 332 g/mol. The van der Waals surface area contributed by atoms with Crippen molar-refractivity contribution in [2.75, 3.05) is 18.5 Å². The Hall–Kier alpha value is -2.17. The number of rotatable bonds is 10. The predicted octanol–water partition coefficient (Wildman–Crippen LogP) is 4.40. The van der Waals surface area contributed by atoms with Crippen LogP contribution in [-0.2, 0) is 0 Å². The Morgan fingerprint density at radius 2 is 1.88 bits per heavy atom. The van der Waals surface area contributed by atoms with Crippen LogP contribution in [0.4, 0.5) is 5.69 Å². The van der Waals surface area contributed by atoms with E-state index >= 15 is 0 Å². The van der Waals surface area contributed by atoms with Crippen LogP contribution < -0.4 is 15.6 Å². The lowest BCUT2D eigenvalue weighted by Gasteiger charge is -2.11. The Labute approximate surface area is 143 Å². The summed E-state index contributed by atoms with van der Waals surface area (Å²) in [7, 11) is 0. The van der Waals surface area contributed by atoms with Crippen molar-refractivity contribution in [2.45, 2.75) is 52.4 Å². The maximum atomic E-state index is 12.2. The molecule has 2 rings (SSSR count). The number of fused-ring (bicyclic) bond motifs is 1. The summed E-state index contributed by atoms with van der Waals surface area (Å²) in [6.07, 6.45) is 6.89. The van der Waals surface area contributed by atoms with Gasteiger partial charge in [-0.2, -0.15) is 0 Å². The lowest BCUT2D eigenvalue weighted by atomic mass is 10.1. The standard InChI is InChI=1S/C19H28N2O3/c1-3-5-6-7-8-9-12-24-18-17(22)15-11-10-14(20-4-2)13-16(15)21-19(18)23/h10-11,13,20H,3-9,12H2,1-2H3,(H2,21,22,23). The van der Waals surface area contributed by atoms with Gasteiger partial charge in [0.15, 0.2) is 5.75 Å². The zero-order valence-electron chi connectivity index (χ0n) is 14.7. The molecule has 24 heavy (non-hydrogen) atoms. The van der Waals surface area contributed by atoms with Crippen molar-refractivity contribution < 1.29 is 9.84 Å². The number of hydrogen-bond acceptors (Lipinski definition) is 4. The molecular weight excluding hydrogens is 304 g/mol. The molecule has 0 aliphatic rings. The molecule has 1 aromatic heterocycles. The first-order valence-corrected chi connectivity index (χ1v) is 8.93. The number of benzene rings is 1.